The molecule has 5 rings (SSSR count). The third-order valence-electron chi connectivity index (χ3n) is 5.25. The highest BCUT2D eigenvalue weighted by Crippen LogP contribution is 2.28. The second kappa shape index (κ2) is 9.54. The lowest BCUT2D eigenvalue weighted by Crippen LogP contribution is -1.99. The standard InChI is InChI=1S/C24H22ClN5OS/c25-19-6-9-22-18(13-19)14-23(28-22)24-27-20(16-32-24)15-31-21-7-4-17(5-8-21)3-1-2-11-30-12-10-26-29-30/h4-10,12-14,16,28H,1-3,11,15H2. The van der Waals surface area contributed by atoms with Crippen LogP contribution in [0.15, 0.2) is 66.3 Å². The normalized spacial score (nSPS) is 11.3. The van der Waals surface area contributed by atoms with Gasteiger partial charge in [0, 0.05) is 34.0 Å². The molecule has 6 nitrogen and oxygen atoms in total. The van der Waals surface area contributed by atoms with Crippen LogP contribution in [0.5, 0.6) is 5.75 Å². The fourth-order valence-electron chi connectivity index (χ4n) is 3.58. The van der Waals surface area contributed by atoms with Gasteiger partial charge in [0.15, 0.2) is 0 Å². The van der Waals surface area contributed by atoms with Crippen LogP contribution in [-0.2, 0) is 19.6 Å². The third-order valence-corrected chi connectivity index (χ3v) is 6.41. The van der Waals surface area contributed by atoms with Crippen LogP contribution < -0.4 is 4.74 Å². The molecule has 0 radical (unpaired) electrons. The molecular formula is C24H22ClN5OS. The van der Waals surface area contributed by atoms with E-state index in [1.54, 1.807) is 17.5 Å². The molecule has 3 heterocycles. The molecule has 0 aliphatic rings. The van der Waals surface area contributed by atoms with Gasteiger partial charge in [-0.2, -0.15) is 0 Å². The fourth-order valence-corrected chi connectivity index (χ4v) is 4.54. The van der Waals surface area contributed by atoms with Crippen molar-refractivity contribution in [3.8, 4) is 16.5 Å². The average molecular weight is 464 g/mol. The van der Waals surface area contributed by atoms with Crippen LogP contribution >= 0.6 is 22.9 Å². The van der Waals surface area contributed by atoms with Gasteiger partial charge >= 0.3 is 0 Å². The van der Waals surface area contributed by atoms with Crippen molar-refractivity contribution in [2.24, 2.45) is 0 Å². The Morgan fingerprint density at radius 2 is 1.97 bits per heavy atom. The van der Waals surface area contributed by atoms with Crippen LogP contribution in [0.25, 0.3) is 21.6 Å². The monoisotopic (exact) mass is 463 g/mol. The van der Waals surface area contributed by atoms with Crippen molar-refractivity contribution in [2.45, 2.75) is 32.4 Å². The summed E-state index contributed by atoms with van der Waals surface area (Å²) in [6.45, 7) is 1.35. The number of nitrogens with one attached hydrogen (secondary N) is 1. The number of hydrogen-bond acceptors (Lipinski definition) is 5. The van der Waals surface area contributed by atoms with E-state index in [0.29, 0.717) is 6.61 Å². The summed E-state index contributed by atoms with van der Waals surface area (Å²) in [6, 6.07) is 16.2. The Labute approximate surface area is 194 Å². The van der Waals surface area contributed by atoms with Gasteiger partial charge in [0.25, 0.3) is 0 Å². The van der Waals surface area contributed by atoms with E-state index in [-0.39, 0.29) is 0 Å². The van der Waals surface area contributed by atoms with Gasteiger partial charge in [0.2, 0.25) is 0 Å². The zero-order valence-corrected chi connectivity index (χ0v) is 18.9. The predicted molar refractivity (Wildman–Crippen MR) is 128 cm³/mol. The van der Waals surface area contributed by atoms with Crippen molar-refractivity contribution in [1.29, 1.82) is 0 Å². The summed E-state index contributed by atoms with van der Waals surface area (Å²) in [7, 11) is 0. The fraction of sp³-hybridized carbons (Fsp3) is 0.208. The minimum Gasteiger partial charge on any atom is -0.487 e. The minimum absolute atomic E-state index is 0.444. The Balaban J connectivity index is 1.12. The summed E-state index contributed by atoms with van der Waals surface area (Å²) in [6.07, 6.45) is 6.84. The summed E-state index contributed by atoms with van der Waals surface area (Å²) in [5.41, 5.74) is 4.27. The van der Waals surface area contributed by atoms with Crippen LogP contribution in [0.2, 0.25) is 5.02 Å². The molecule has 0 bridgehead atoms. The van der Waals surface area contributed by atoms with Gasteiger partial charge in [0.05, 0.1) is 17.6 Å². The predicted octanol–water partition coefficient (Wildman–Crippen LogP) is 6.14. The zero-order chi connectivity index (χ0) is 21.8. The number of unbranched alkanes of at least 4 members (excludes halogenated alkanes) is 1. The molecule has 162 valence electrons. The van der Waals surface area contributed by atoms with Crippen LogP contribution in [0.1, 0.15) is 24.1 Å². The van der Waals surface area contributed by atoms with E-state index in [2.05, 4.69) is 33.5 Å². The van der Waals surface area contributed by atoms with E-state index in [0.717, 1.165) is 63.9 Å². The number of rotatable bonds is 9. The zero-order valence-electron chi connectivity index (χ0n) is 17.4. The molecule has 0 spiro atoms. The van der Waals surface area contributed by atoms with E-state index in [1.807, 2.05) is 46.6 Å². The van der Waals surface area contributed by atoms with Crippen LogP contribution in [0.3, 0.4) is 0 Å². The van der Waals surface area contributed by atoms with Gasteiger partial charge in [-0.05, 0) is 61.2 Å². The number of aryl methyl sites for hydroxylation is 2. The first-order valence-electron chi connectivity index (χ1n) is 10.5. The summed E-state index contributed by atoms with van der Waals surface area (Å²) in [5, 5.41) is 12.6. The van der Waals surface area contributed by atoms with E-state index in [4.69, 9.17) is 21.3 Å². The lowest BCUT2D eigenvalue weighted by molar-refractivity contribution is 0.302. The molecule has 0 aliphatic carbocycles. The van der Waals surface area contributed by atoms with Gasteiger partial charge in [0.1, 0.15) is 17.4 Å². The van der Waals surface area contributed by atoms with Crippen molar-refractivity contribution < 1.29 is 4.74 Å². The highest BCUT2D eigenvalue weighted by Gasteiger charge is 2.09. The molecular weight excluding hydrogens is 442 g/mol. The molecule has 0 fully saturated rings. The first kappa shape index (κ1) is 20.7. The van der Waals surface area contributed by atoms with E-state index < -0.39 is 0 Å². The van der Waals surface area contributed by atoms with Gasteiger partial charge in [-0.3, -0.25) is 4.68 Å². The molecule has 0 saturated heterocycles. The van der Waals surface area contributed by atoms with Gasteiger partial charge in [-0.15, -0.1) is 16.4 Å². The SMILES string of the molecule is Clc1ccc2[nH]c(-c3nc(COc4ccc(CCCCn5ccnn5)cc4)cs3)cc2c1. The summed E-state index contributed by atoms with van der Waals surface area (Å²) >= 11 is 7.69. The summed E-state index contributed by atoms with van der Waals surface area (Å²) in [5.74, 6) is 0.853. The topological polar surface area (TPSA) is 68.6 Å². The first-order valence-corrected chi connectivity index (χ1v) is 11.8. The van der Waals surface area contributed by atoms with Gasteiger partial charge < -0.3 is 9.72 Å². The molecule has 0 aliphatic heterocycles. The van der Waals surface area contributed by atoms with Crippen molar-refractivity contribution in [1.82, 2.24) is 25.0 Å². The Morgan fingerprint density at radius 1 is 1.06 bits per heavy atom. The summed E-state index contributed by atoms with van der Waals surface area (Å²) < 4.78 is 7.81. The molecule has 0 atom stereocenters. The molecule has 2 aromatic carbocycles. The quantitative estimate of drug-likeness (QED) is 0.267. The van der Waals surface area contributed by atoms with Crippen molar-refractivity contribution >= 4 is 33.8 Å². The highest BCUT2D eigenvalue weighted by molar-refractivity contribution is 7.13. The van der Waals surface area contributed by atoms with E-state index in [9.17, 15) is 0 Å². The second-order valence-corrected chi connectivity index (χ2v) is 8.91. The van der Waals surface area contributed by atoms with Crippen molar-refractivity contribution in [2.75, 3.05) is 0 Å². The molecule has 3 aromatic heterocycles. The summed E-state index contributed by atoms with van der Waals surface area (Å²) in [4.78, 5) is 8.12. The van der Waals surface area contributed by atoms with Crippen LogP contribution in [0.4, 0.5) is 0 Å². The number of benzene rings is 2. The minimum atomic E-state index is 0.444. The lowest BCUT2D eigenvalue weighted by Gasteiger charge is -2.06. The number of H-pyrrole nitrogens is 1. The second-order valence-electron chi connectivity index (χ2n) is 7.61. The average Bonchev–Trinajstić information content (AvgIpc) is 3.56. The lowest BCUT2D eigenvalue weighted by atomic mass is 10.1. The number of hydrogen-bond donors (Lipinski definition) is 1. The highest BCUT2D eigenvalue weighted by atomic mass is 35.5. The molecule has 0 saturated carbocycles. The Hall–Kier alpha value is -3.16. The Kier molecular flexibility index (Phi) is 6.18. The largest absolute Gasteiger partial charge is 0.487 e. The van der Waals surface area contributed by atoms with Gasteiger partial charge in [-0.1, -0.05) is 28.9 Å². The number of fused-ring (bicyclic) bond motifs is 1. The molecule has 32 heavy (non-hydrogen) atoms. The molecule has 1 N–H and O–H groups in total. The number of aromatic nitrogens is 5. The number of aromatic amines is 1. The molecule has 0 unspecified atom stereocenters. The van der Waals surface area contributed by atoms with E-state index >= 15 is 0 Å². The van der Waals surface area contributed by atoms with Crippen molar-refractivity contribution in [3.05, 3.63) is 82.6 Å². The smallest absolute Gasteiger partial charge is 0.140 e. The maximum Gasteiger partial charge on any atom is 0.140 e. The number of nitrogens with zero attached hydrogens (tertiary/aromatic N) is 4. The molecule has 5 aromatic rings. The van der Waals surface area contributed by atoms with E-state index in [1.165, 1.54) is 5.56 Å². The first-order chi connectivity index (χ1) is 15.7. The Morgan fingerprint density at radius 3 is 2.81 bits per heavy atom. The molecule has 8 heteroatoms. The van der Waals surface area contributed by atoms with Crippen LogP contribution in [-0.4, -0.2) is 25.0 Å². The van der Waals surface area contributed by atoms with Crippen LogP contribution in [0, 0.1) is 0 Å². The maximum absolute atomic E-state index is 6.09. The Bertz CT molecular complexity index is 1290. The van der Waals surface area contributed by atoms with Crippen molar-refractivity contribution in [3.63, 3.8) is 0 Å². The number of ether oxygens (including phenoxy) is 1. The third kappa shape index (κ3) is 5.00. The molecule has 0 amide bonds. The maximum atomic E-state index is 6.09. The number of thiazole rings is 1. The van der Waals surface area contributed by atoms with Gasteiger partial charge in [-0.25, -0.2) is 4.98 Å². The number of halogens is 1.